The Hall–Kier alpha value is -0.980. The minimum Gasteiger partial charge on any atom is -0.308 e. The molecule has 1 unspecified atom stereocenters. The van der Waals surface area contributed by atoms with E-state index in [1.165, 1.54) is 5.56 Å². The fraction of sp³-hybridized carbons (Fsp3) is 0.583. The van der Waals surface area contributed by atoms with E-state index in [1.54, 1.807) is 13.1 Å². The average Bonchev–Trinajstić information content (AvgIpc) is 2.73. The summed E-state index contributed by atoms with van der Waals surface area (Å²) in [5, 5.41) is 3.27. The second-order valence-corrected chi connectivity index (χ2v) is 6.34. The van der Waals surface area contributed by atoms with Crippen LogP contribution in [-0.4, -0.2) is 32.2 Å². The summed E-state index contributed by atoms with van der Waals surface area (Å²) in [6, 6.07) is 4.22. The summed E-state index contributed by atoms with van der Waals surface area (Å²) in [7, 11) is -3.13. The van der Waals surface area contributed by atoms with Crippen LogP contribution >= 0.6 is 0 Å². The SMILES string of the molecule is CCNS(=O)(=O)CCNC1CCc2cccnc21. The maximum absolute atomic E-state index is 11.5. The first-order chi connectivity index (χ1) is 8.62. The smallest absolute Gasteiger partial charge is 0.212 e. The Labute approximate surface area is 108 Å². The van der Waals surface area contributed by atoms with Crippen molar-refractivity contribution in [3.63, 3.8) is 0 Å². The number of hydrogen-bond donors (Lipinski definition) is 2. The van der Waals surface area contributed by atoms with Crippen molar-refractivity contribution >= 4 is 10.0 Å². The second-order valence-electron chi connectivity index (χ2n) is 4.41. The molecule has 0 aromatic carbocycles. The van der Waals surface area contributed by atoms with Crippen molar-refractivity contribution in [2.75, 3.05) is 18.8 Å². The number of aromatic nitrogens is 1. The average molecular weight is 269 g/mol. The van der Waals surface area contributed by atoms with Gasteiger partial charge in [0.2, 0.25) is 10.0 Å². The first-order valence-electron chi connectivity index (χ1n) is 6.27. The monoisotopic (exact) mass is 269 g/mol. The van der Waals surface area contributed by atoms with Gasteiger partial charge in [0.15, 0.2) is 0 Å². The van der Waals surface area contributed by atoms with Gasteiger partial charge in [-0.1, -0.05) is 13.0 Å². The van der Waals surface area contributed by atoms with E-state index in [9.17, 15) is 8.42 Å². The van der Waals surface area contributed by atoms with Crippen LogP contribution in [0.5, 0.6) is 0 Å². The molecule has 0 aliphatic heterocycles. The molecule has 2 rings (SSSR count). The van der Waals surface area contributed by atoms with E-state index in [-0.39, 0.29) is 11.8 Å². The Morgan fingerprint density at radius 2 is 2.33 bits per heavy atom. The van der Waals surface area contributed by atoms with Crippen LogP contribution in [0.25, 0.3) is 0 Å². The zero-order valence-corrected chi connectivity index (χ0v) is 11.3. The Balaban J connectivity index is 1.86. The van der Waals surface area contributed by atoms with Crippen molar-refractivity contribution in [3.05, 3.63) is 29.6 Å². The molecule has 1 aromatic rings. The summed E-state index contributed by atoms with van der Waals surface area (Å²) < 4.78 is 25.4. The molecule has 0 saturated heterocycles. The van der Waals surface area contributed by atoms with Crippen molar-refractivity contribution in [3.8, 4) is 0 Å². The van der Waals surface area contributed by atoms with Crippen LogP contribution in [-0.2, 0) is 16.4 Å². The van der Waals surface area contributed by atoms with E-state index in [2.05, 4.69) is 21.1 Å². The highest BCUT2D eigenvalue weighted by Crippen LogP contribution is 2.28. The van der Waals surface area contributed by atoms with Crippen molar-refractivity contribution in [1.29, 1.82) is 0 Å². The molecule has 1 heterocycles. The van der Waals surface area contributed by atoms with E-state index in [4.69, 9.17) is 0 Å². The first kappa shape index (κ1) is 13.5. The number of rotatable bonds is 6. The zero-order chi connectivity index (χ0) is 13.0. The van der Waals surface area contributed by atoms with Gasteiger partial charge in [-0.05, 0) is 24.5 Å². The Morgan fingerprint density at radius 3 is 3.11 bits per heavy atom. The molecule has 0 amide bonds. The molecule has 18 heavy (non-hydrogen) atoms. The molecule has 0 bridgehead atoms. The van der Waals surface area contributed by atoms with Crippen molar-refractivity contribution in [2.45, 2.75) is 25.8 Å². The van der Waals surface area contributed by atoms with Crippen LogP contribution in [0.3, 0.4) is 0 Å². The van der Waals surface area contributed by atoms with E-state index in [0.29, 0.717) is 13.1 Å². The van der Waals surface area contributed by atoms with Crippen LogP contribution < -0.4 is 10.0 Å². The number of nitrogens with zero attached hydrogens (tertiary/aromatic N) is 1. The van der Waals surface area contributed by atoms with Crippen LogP contribution in [0.1, 0.15) is 30.6 Å². The molecule has 6 heteroatoms. The van der Waals surface area contributed by atoms with Crippen molar-refractivity contribution in [2.24, 2.45) is 0 Å². The molecular formula is C12H19N3O2S. The van der Waals surface area contributed by atoms with Gasteiger partial charge in [0.25, 0.3) is 0 Å². The number of aryl methyl sites for hydroxylation is 1. The van der Waals surface area contributed by atoms with Gasteiger partial charge in [0, 0.05) is 19.3 Å². The lowest BCUT2D eigenvalue weighted by Crippen LogP contribution is -2.33. The summed E-state index contributed by atoms with van der Waals surface area (Å²) in [5.41, 5.74) is 2.34. The normalized spacial score (nSPS) is 18.8. The maximum atomic E-state index is 11.5. The zero-order valence-electron chi connectivity index (χ0n) is 10.5. The summed E-state index contributed by atoms with van der Waals surface area (Å²) in [4.78, 5) is 4.36. The third kappa shape index (κ3) is 3.28. The third-order valence-electron chi connectivity index (χ3n) is 3.08. The van der Waals surface area contributed by atoms with Gasteiger partial charge in [-0.25, -0.2) is 13.1 Å². The van der Waals surface area contributed by atoms with E-state index in [1.807, 2.05) is 6.07 Å². The largest absolute Gasteiger partial charge is 0.308 e. The Kier molecular flexibility index (Phi) is 4.31. The molecule has 0 spiro atoms. The molecule has 1 aromatic heterocycles. The summed E-state index contributed by atoms with van der Waals surface area (Å²) in [6.07, 6.45) is 3.79. The lowest BCUT2D eigenvalue weighted by Gasteiger charge is -2.13. The van der Waals surface area contributed by atoms with Crippen LogP contribution in [0.4, 0.5) is 0 Å². The lowest BCUT2D eigenvalue weighted by atomic mass is 10.2. The minimum atomic E-state index is -3.13. The number of fused-ring (bicyclic) bond motifs is 1. The topological polar surface area (TPSA) is 71.1 Å². The number of nitrogens with one attached hydrogen (secondary N) is 2. The fourth-order valence-corrected chi connectivity index (χ4v) is 3.24. The van der Waals surface area contributed by atoms with E-state index in [0.717, 1.165) is 18.5 Å². The number of pyridine rings is 1. The first-order valence-corrected chi connectivity index (χ1v) is 7.92. The molecule has 0 saturated carbocycles. The van der Waals surface area contributed by atoms with E-state index >= 15 is 0 Å². The molecule has 1 atom stereocenters. The minimum absolute atomic E-state index is 0.111. The van der Waals surface area contributed by atoms with Gasteiger partial charge < -0.3 is 5.32 Å². The number of hydrogen-bond acceptors (Lipinski definition) is 4. The van der Waals surface area contributed by atoms with Gasteiger partial charge in [-0.3, -0.25) is 4.98 Å². The second kappa shape index (κ2) is 5.77. The van der Waals surface area contributed by atoms with Crippen LogP contribution in [0.15, 0.2) is 18.3 Å². The summed E-state index contributed by atoms with van der Waals surface area (Å²) >= 11 is 0. The molecule has 5 nitrogen and oxygen atoms in total. The summed E-state index contributed by atoms with van der Waals surface area (Å²) in [6.45, 7) is 2.67. The van der Waals surface area contributed by atoms with E-state index < -0.39 is 10.0 Å². The standard InChI is InChI=1S/C12H19N3O2S/c1-2-15-18(16,17)9-8-13-11-6-5-10-4-3-7-14-12(10)11/h3-4,7,11,13,15H,2,5-6,8-9H2,1H3. The molecule has 0 fully saturated rings. The third-order valence-corrected chi connectivity index (χ3v) is 4.55. The van der Waals surface area contributed by atoms with Gasteiger partial charge in [0.1, 0.15) is 0 Å². The molecule has 1 aliphatic carbocycles. The van der Waals surface area contributed by atoms with Gasteiger partial charge in [0.05, 0.1) is 17.5 Å². The highest BCUT2D eigenvalue weighted by atomic mass is 32.2. The fourth-order valence-electron chi connectivity index (χ4n) is 2.27. The van der Waals surface area contributed by atoms with Gasteiger partial charge in [-0.15, -0.1) is 0 Å². The van der Waals surface area contributed by atoms with Crippen molar-refractivity contribution in [1.82, 2.24) is 15.0 Å². The Morgan fingerprint density at radius 1 is 1.50 bits per heavy atom. The predicted octanol–water partition coefficient (Wildman–Crippen LogP) is 0.598. The molecular weight excluding hydrogens is 250 g/mol. The van der Waals surface area contributed by atoms with Gasteiger partial charge >= 0.3 is 0 Å². The van der Waals surface area contributed by atoms with Crippen molar-refractivity contribution < 1.29 is 8.42 Å². The Bertz CT molecular complexity index is 502. The lowest BCUT2D eigenvalue weighted by molar-refractivity contribution is 0.531. The highest BCUT2D eigenvalue weighted by Gasteiger charge is 2.23. The predicted molar refractivity (Wildman–Crippen MR) is 70.8 cm³/mol. The quantitative estimate of drug-likeness (QED) is 0.793. The summed E-state index contributed by atoms with van der Waals surface area (Å²) in [5.74, 6) is 0.111. The molecule has 0 radical (unpaired) electrons. The van der Waals surface area contributed by atoms with Crippen LogP contribution in [0, 0.1) is 0 Å². The van der Waals surface area contributed by atoms with Gasteiger partial charge in [-0.2, -0.15) is 0 Å². The van der Waals surface area contributed by atoms with Crippen LogP contribution in [0.2, 0.25) is 0 Å². The maximum Gasteiger partial charge on any atom is 0.212 e. The molecule has 100 valence electrons. The highest BCUT2D eigenvalue weighted by molar-refractivity contribution is 7.89. The molecule has 1 aliphatic rings. The number of sulfonamides is 1. The molecule has 2 N–H and O–H groups in total.